The Kier molecular flexibility index (Phi) is 15.9. The van der Waals surface area contributed by atoms with Crippen LogP contribution in [0.15, 0.2) is 158 Å². The molecule has 0 bridgehead atoms. The molecule has 0 aliphatic rings. The Morgan fingerprint density at radius 2 is 0.643 bits per heavy atom. The third kappa shape index (κ3) is 8.36. The fourth-order valence-electron chi connectivity index (χ4n) is 7.68. The molecule has 0 unspecified atom stereocenters. The molecule has 0 aliphatic carbocycles. The van der Waals surface area contributed by atoms with Gasteiger partial charge in [-0.2, -0.15) is 0 Å². The normalized spacial score (nSPS) is 10.1. The maximum absolute atomic E-state index is 2.29. The van der Waals surface area contributed by atoms with Crippen molar-refractivity contribution in [1.29, 1.82) is 0 Å². The van der Waals surface area contributed by atoms with Gasteiger partial charge in [0.1, 0.15) is 14.1 Å². The number of aromatic nitrogens is 2. The predicted octanol–water partition coefficient (Wildman–Crippen LogP) is 14.8. The van der Waals surface area contributed by atoms with Crippen molar-refractivity contribution in [2.24, 2.45) is 14.1 Å². The maximum Gasteiger partial charge on any atom is 0.213 e. The Morgan fingerprint density at radius 1 is 0.304 bits per heavy atom. The minimum Gasteiger partial charge on any atom is -0.201 e. The molecule has 0 saturated heterocycles. The van der Waals surface area contributed by atoms with Crippen LogP contribution in [0.4, 0.5) is 0 Å². The number of aryl methyl sites for hydroxylation is 4. The highest BCUT2D eigenvalue weighted by molar-refractivity contribution is 6.26. The lowest BCUT2D eigenvalue weighted by molar-refractivity contribution is -0.660. The van der Waals surface area contributed by atoms with Crippen molar-refractivity contribution >= 4 is 53.9 Å². The molecule has 2 heterocycles. The van der Waals surface area contributed by atoms with Crippen LogP contribution in [0.2, 0.25) is 0 Å². The van der Waals surface area contributed by atoms with Crippen molar-refractivity contribution in [3.8, 4) is 22.5 Å². The summed E-state index contributed by atoms with van der Waals surface area (Å²) in [6.45, 7) is 20.5. The summed E-state index contributed by atoms with van der Waals surface area (Å²) >= 11 is 0. The molecule has 2 heteroatoms. The molecule has 0 spiro atoms. The van der Waals surface area contributed by atoms with Crippen molar-refractivity contribution in [2.75, 3.05) is 0 Å². The Hall–Kier alpha value is -5.86. The molecule has 0 aliphatic heterocycles. The van der Waals surface area contributed by atoms with Crippen molar-refractivity contribution in [1.82, 2.24) is 0 Å². The van der Waals surface area contributed by atoms with Gasteiger partial charge in [-0.25, -0.2) is 9.13 Å². The van der Waals surface area contributed by atoms with E-state index in [-0.39, 0.29) is 0 Å². The van der Waals surface area contributed by atoms with Crippen LogP contribution >= 0.6 is 0 Å². The zero-order valence-corrected chi connectivity index (χ0v) is 35.9. The first-order valence-electron chi connectivity index (χ1n) is 20.7. The van der Waals surface area contributed by atoms with Crippen LogP contribution in [-0.2, 0) is 14.1 Å². The number of benzene rings is 7. The standard InChI is InChI=1S/C25H20N.C21H18N.4C2H6/c1-17-18(24-13-7-8-16-26(24)2)14-15-23-21-11-4-3-9-19(21)20-10-5-6-12-22(20)25(17)23;1-15-16-9-3-4-10-17(16)18-11-5-6-12-19(18)21(15)20-13-7-8-14-22(20)2;4*1-2/h3-16H,1-2H3;3-14H,1-2H3;4*1-2H3/q2*+1;;;;. The average molecular weight is 739 g/mol. The van der Waals surface area contributed by atoms with Gasteiger partial charge in [0.2, 0.25) is 11.4 Å². The molecule has 9 rings (SSSR count). The summed E-state index contributed by atoms with van der Waals surface area (Å²) in [7, 11) is 4.22. The van der Waals surface area contributed by atoms with E-state index in [2.05, 4.69) is 195 Å². The van der Waals surface area contributed by atoms with Gasteiger partial charge in [-0.3, -0.25) is 0 Å². The molecular formula is C54H62N2+2. The molecule has 0 amide bonds. The molecule has 2 nitrogen and oxygen atoms in total. The zero-order valence-electron chi connectivity index (χ0n) is 35.9. The molecule has 7 aromatic carbocycles. The van der Waals surface area contributed by atoms with E-state index in [9.17, 15) is 0 Å². The molecule has 9 aromatic rings. The van der Waals surface area contributed by atoms with E-state index in [1.54, 1.807) is 0 Å². The van der Waals surface area contributed by atoms with E-state index < -0.39 is 0 Å². The van der Waals surface area contributed by atoms with Crippen LogP contribution in [0.25, 0.3) is 76.4 Å². The third-order valence-corrected chi connectivity index (χ3v) is 10.0. The molecule has 0 radical (unpaired) electrons. The van der Waals surface area contributed by atoms with E-state index in [0.717, 1.165) is 0 Å². The van der Waals surface area contributed by atoms with Gasteiger partial charge in [0.25, 0.3) is 0 Å². The number of fused-ring (bicyclic) bond motifs is 9. The van der Waals surface area contributed by atoms with Gasteiger partial charge >= 0.3 is 0 Å². The number of hydrogen-bond donors (Lipinski definition) is 0. The lowest BCUT2D eigenvalue weighted by Crippen LogP contribution is -2.30. The smallest absolute Gasteiger partial charge is 0.201 e. The minimum absolute atomic E-state index is 1.24. The Bertz CT molecular complexity index is 2630. The highest BCUT2D eigenvalue weighted by atomic mass is 14.9. The molecule has 0 saturated carbocycles. The first kappa shape index (κ1) is 42.9. The zero-order chi connectivity index (χ0) is 40.8. The van der Waals surface area contributed by atoms with Crippen molar-refractivity contribution in [3.63, 3.8) is 0 Å². The number of rotatable bonds is 2. The molecule has 56 heavy (non-hydrogen) atoms. The van der Waals surface area contributed by atoms with E-state index in [0.29, 0.717) is 0 Å². The largest absolute Gasteiger partial charge is 0.213 e. The van der Waals surface area contributed by atoms with Gasteiger partial charge in [-0.15, -0.1) is 0 Å². The van der Waals surface area contributed by atoms with E-state index in [1.165, 1.54) is 87.5 Å². The molecule has 0 atom stereocenters. The second-order valence-corrected chi connectivity index (χ2v) is 12.7. The summed E-state index contributed by atoms with van der Waals surface area (Å²) in [5.41, 5.74) is 7.80. The maximum atomic E-state index is 2.29. The highest BCUT2D eigenvalue weighted by Crippen LogP contribution is 2.40. The fourth-order valence-corrected chi connectivity index (χ4v) is 7.68. The Balaban J connectivity index is 0.000000214. The van der Waals surface area contributed by atoms with Crippen molar-refractivity contribution in [2.45, 2.75) is 69.2 Å². The Labute approximate surface area is 336 Å². The SMILES string of the molecule is CC.CC.CC.CC.Cc1c(-c2cccc[n+]2C)c2ccccc2c2ccccc12.Cc1c(-c2cccc[n+]2C)ccc2c3ccccc3c3ccccc3c12. The summed E-state index contributed by atoms with van der Waals surface area (Å²) in [5, 5.41) is 13.3. The second kappa shape index (κ2) is 20.7. The summed E-state index contributed by atoms with van der Waals surface area (Å²) in [5.74, 6) is 0. The van der Waals surface area contributed by atoms with Crippen LogP contribution < -0.4 is 9.13 Å². The monoisotopic (exact) mass is 738 g/mol. The summed E-state index contributed by atoms with van der Waals surface area (Å²) in [4.78, 5) is 0. The quantitative estimate of drug-likeness (QED) is 0.123. The fraction of sp³-hybridized carbons (Fsp3) is 0.222. The summed E-state index contributed by atoms with van der Waals surface area (Å²) < 4.78 is 4.39. The van der Waals surface area contributed by atoms with Crippen LogP contribution in [0.1, 0.15) is 66.5 Å². The Morgan fingerprint density at radius 3 is 1.12 bits per heavy atom. The van der Waals surface area contributed by atoms with Crippen molar-refractivity contribution < 1.29 is 9.13 Å². The topological polar surface area (TPSA) is 7.76 Å². The van der Waals surface area contributed by atoms with Gasteiger partial charge in [0.15, 0.2) is 12.4 Å². The number of nitrogens with zero attached hydrogens (tertiary/aromatic N) is 2. The molecule has 0 fully saturated rings. The number of hydrogen-bond acceptors (Lipinski definition) is 0. The first-order chi connectivity index (χ1) is 27.5. The molecule has 286 valence electrons. The molecular weight excluding hydrogens is 677 g/mol. The second-order valence-electron chi connectivity index (χ2n) is 12.7. The van der Waals surface area contributed by atoms with Gasteiger partial charge < -0.3 is 0 Å². The van der Waals surface area contributed by atoms with E-state index in [1.807, 2.05) is 55.4 Å². The van der Waals surface area contributed by atoms with Crippen LogP contribution in [0, 0.1) is 13.8 Å². The van der Waals surface area contributed by atoms with E-state index in [4.69, 9.17) is 0 Å². The minimum atomic E-state index is 1.24. The number of pyridine rings is 2. The van der Waals surface area contributed by atoms with Gasteiger partial charge in [-0.05, 0) is 97.0 Å². The van der Waals surface area contributed by atoms with E-state index >= 15 is 0 Å². The van der Waals surface area contributed by atoms with Crippen LogP contribution in [0.5, 0.6) is 0 Å². The predicted molar refractivity (Wildman–Crippen MR) is 249 cm³/mol. The van der Waals surface area contributed by atoms with Gasteiger partial charge in [0, 0.05) is 29.8 Å². The lowest BCUT2D eigenvalue weighted by atomic mass is 9.89. The van der Waals surface area contributed by atoms with Crippen LogP contribution in [-0.4, -0.2) is 0 Å². The molecule has 0 N–H and O–H groups in total. The van der Waals surface area contributed by atoms with Crippen LogP contribution in [0.3, 0.4) is 0 Å². The lowest BCUT2D eigenvalue weighted by Gasteiger charge is -2.14. The summed E-state index contributed by atoms with van der Waals surface area (Å²) in [6, 6.07) is 52.2. The van der Waals surface area contributed by atoms with Crippen molar-refractivity contribution in [3.05, 3.63) is 169 Å². The highest BCUT2D eigenvalue weighted by Gasteiger charge is 2.19. The molecule has 2 aromatic heterocycles. The van der Waals surface area contributed by atoms with Gasteiger partial charge in [0.05, 0.1) is 5.56 Å². The van der Waals surface area contributed by atoms with Gasteiger partial charge in [-0.1, -0.05) is 159 Å². The first-order valence-corrected chi connectivity index (χ1v) is 20.7. The summed E-state index contributed by atoms with van der Waals surface area (Å²) in [6.07, 6.45) is 4.22. The third-order valence-electron chi connectivity index (χ3n) is 10.0. The average Bonchev–Trinajstić information content (AvgIpc) is 3.28.